The molecule has 0 bridgehead atoms. The van der Waals surface area contributed by atoms with E-state index >= 15 is 0 Å². The third kappa shape index (κ3) is 5.32. The van der Waals surface area contributed by atoms with E-state index in [1.807, 2.05) is 53.4 Å². The predicted octanol–water partition coefficient (Wildman–Crippen LogP) is 6.33. The normalized spacial score (nSPS) is 10.9. The average Bonchev–Trinajstić information content (AvgIpc) is 2.88. The van der Waals surface area contributed by atoms with Gasteiger partial charge in [0.1, 0.15) is 30.0 Å². The molecule has 1 aromatic heterocycles. The summed E-state index contributed by atoms with van der Waals surface area (Å²) in [6.45, 7) is 1.64. The summed E-state index contributed by atoms with van der Waals surface area (Å²) < 4.78 is 17.3. The second-order valence-electron chi connectivity index (χ2n) is 7.66. The molecular weight excluding hydrogens is 473 g/mol. The van der Waals surface area contributed by atoms with Gasteiger partial charge in [0.25, 0.3) is 0 Å². The quantitative estimate of drug-likeness (QED) is 0.239. The summed E-state index contributed by atoms with van der Waals surface area (Å²) in [5, 5.41) is 0.486. The van der Waals surface area contributed by atoms with E-state index in [-0.39, 0.29) is 5.43 Å². The Bertz CT molecular complexity index is 1300. The van der Waals surface area contributed by atoms with Gasteiger partial charge in [0, 0.05) is 30.9 Å². The van der Waals surface area contributed by atoms with Crippen molar-refractivity contribution in [2.75, 3.05) is 36.9 Å². The van der Waals surface area contributed by atoms with Gasteiger partial charge >= 0.3 is 0 Å². The maximum Gasteiger partial charge on any atom is 0.200 e. The molecule has 0 aliphatic heterocycles. The van der Waals surface area contributed by atoms with Crippen LogP contribution in [0.2, 0.25) is 0 Å². The number of benzene rings is 3. The van der Waals surface area contributed by atoms with Crippen molar-refractivity contribution in [3.63, 3.8) is 0 Å². The van der Waals surface area contributed by atoms with Crippen LogP contribution in [0.1, 0.15) is 5.56 Å². The minimum absolute atomic E-state index is 0.117. The summed E-state index contributed by atoms with van der Waals surface area (Å²) >= 11 is 12.0. The van der Waals surface area contributed by atoms with E-state index in [1.54, 1.807) is 25.3 Å². The van der Waals surface area contributed by atoms with Gasteiger partial charge in [0.2, 0.25) is 0 Å². The van der Waals surface area contributed by atoms with Crippen molar-refractivity contribution in [3.8, 4) is 22.6 Å². The molecule has 4 aromatic rings. The van der Waals surface area contributed by atoms with Crippen LogP contribution < -0.4 is 19.8 Å². The number of hydrogen-bond donors (Lipinski definition) is 0. The van der Waals surface area contributed by atoms with Crippen molar-refractivity contribution in [3.05, 3.63) is 88.8 Å². The molecule has 5 nitrogen and oxygen atoms in total. The molecule has 0 saturated heterocycles. The summed E-state index contributed by atoms with van der Waals surface area (Å²) in [4.78, 5) is 15.4. The zero-order valence-electron chi connectivity index (χ0n) is 18.8. The van der Waals surface area contributed by atoms with E-state index in [9.17, 15) is 4.79 Å². The summed E-state index contributed by atoms with van der Waals surface area (Å²) in [5.74, 6) is 2.20. The van der Waals surface area contributed by atoms with Gasteiger partial charge in [-0.15, -0.1) is 23.2 Å². The molecule has 0 aliphatic carbocycles. The minimum Gasteiger partial charge on any atom is -0.495 e. The lowest BCUT2D eigenvalue weighted by Gasteiger charge is -2.25. The first-order chi connectivity index (χ1) is 16.6. The molecular formula is C27H25Cl2NO4. The Labute approximate surface area is 208 Å². The van der Waals surface area contributed by atoms with Crippen LogP contribution in [0.25, 0.3) is 22.1 Å². The van der Waals surface area contributed by atoms with E-state index in [4.69, 9.17) is 37.1 Å². The van der Waals surface area contributed by atoms with Crippen LogP contribution in [0, 0.1) is 0 Å². The number of hydrogen-bond acceptors (Lipinski definition) is 5. The highest BCUT2D eigenvalue weighted by molar-refractivity contribution is 6.18. The van der Waals surface area contributed by atoms with Crippen molar-refractivity contribution >= 4 is 39.9 Å². The molecule has 7 heteroatoms. The van der Waals surface area contributed by atoms with Gasteiger partial charge in [0.05, 0.1) is 23.7 Å². The largest absolute Gasteiger partial charge is 0.495 e. The average molecular weight is 498 g/mol. The first-order valence-corrected chi connectivity index (χ1v) is 12.0. The minimum atomic E-state index is -0.117. The number of methoxy groups -OCH3 is 1. The number of rotatable bonds is 10. The number of fused-ring (bicyclic) bond motifs is 1. The first-order valence-electron chi connectivity index (χ1n) is 10.9. The van der Waals surface area contributed by atoms with Gasteiger partial charge in [-0.3, -0.25) is 4.79 Å². The van der Waals surface area contributed by atoms with E-state index in [0.717, 1.165) is 16.8 Å². The second kappa shape index (κ2) is 11.3. The van der Waals surface area contributed by atoms with E-state index in [0.29, 0.717) is 59.5 Å². The maximum absolute atomic E-state index is 13.3. The standard InChI is InChI=1S/C27H25Cl2NO4/c1-32-25-10-7-20(15-24(25)30(13-11-28)14-12-29)23-18-34-26-16-21(8-9-22(26)27(23)31)33-17-19-5-3-2-4-6-19/h2-10,15-16,18H,11-14,17H2,1H3. The van der Waals surface area contributed by atoms with Gasteiger partial charge in [-0.05, 0) is 35.4 Å². The summed E-state index contributed by atoms with van der Waals surface area (Å²) in [6.07, 6.45) is 1.49. The third-order valence-corrected chi connectivity index (χ3v) is 5.87. The van der Waals surface area contributed by atoms with Gasteiger partial charge < -0.3 is 18.8 Å². The molecule has 0 amide bonds. The molecule has 3 aromatic carbocycles. The number of ether oxygens (including phenoxy) is 2. The smallest absolute Gasteiger partial charge is 0.200 e. The van der Waals surface area contributed by atoms with Crippen molar-refractivity contribution < 1.29 is 13.9 Å². The molecule has 0 atom stereocenters. The summed E-state index contributed by atoms with van der Waals surface area (Å²) in [6, 6.07) is 20.8. The Morgan fingerprint density at radius 1 is 0.941 bits per heavy atom. The Kier molecular flexibility index (Phi) is 7.99. The monoisotopic (exact) mass is 497 g/mol. The van der Waals surface area contributed by atoms with Gasteiger partial charge in [0.15, 0.2) is 5.43 Å². The van der Waals surface area contributed by atoms with Crippen LogP contribution in [0.3, 0.4) is 0 Å². The molecule has 0 saturated carbocycles. The molecule has 4 rings (SSSR count). The molecule has 0 unspecified atom stereocenters. The van der Waals surface area contributed by atoms with Gasteiger partial charge in [-0.1, -0.05) is 36.4 Å². The summed E-state index contributed by atoms with van der Waals surface area (Å²) in [5.41, 5.74) is 3.43. The fraction of sp³-hybridized carbons (Fsp3) is 0.222. The SMILES string of the molecule is COc1ccc(-c2coc3cc(OCc4ccccc4)ccc3c2=O)cc1N(CCCl)CCCl. The van der Waals surface area contributed by atoms with Crippen LogP contribution in [0.5, 0.6) is 11.5 Å². The van der Waals surface area contributed by atoms with Crippen LogP contribution in [0.4, 0.5) is 5.69 Å². The molecule has 1 heterocycles. The molecule has 34 heavy (non-hydrogen) atoms. The Hall–Kier alpha value is -3.15. The Morgan fingerprint density at radius 2 is 1.71 bits per heavy atom. The van der Waals surface area contributed by atoms with E-state index in [1.165, 1.54) is 6.26 Å². The van der Waals surface area contributed by atoms with Gasteiger partial charge in [-0.25, -0.2) is 0 Å². The fourth-order valence-electron chi connectivity index (χ4n) is 3.80. The highest BCUT2D eigenvalue weighted by Crippen LogP contribution is 2.33. The first kappa shape index (κ1) is 24.0. The van der Waals surface area contributed by atoms with E-state index in [2.05, 4.69) is 0 Å². The zero-order chi connectivity index (χ0) is 23.9. The van der Waals surface area contributed by atoms with E-state index < -0.39 is 0 Å². The van der Waals surface area contributed by atoms with Crippen molar-refractivity contribution in [2.24, 2.45) is 0 Å². The highest BCUT2D eigenvalue weighted by Gasteiger charge is 2.16. The van der Waals surface area contributed by atoms with Crippen LogP contribution in [-0.2, 0) is 6.61 Å². The van der Waals surface area contributed by atoms with Crippen molar-refractivity contribution in [1.82, 2.24) is 0 Å². The lowest BCUT2D eigenvalue weighted by molar-refractivity contribution is 0.306. The Balaban J connectivity index is 1.66. The van der Waals surface area contributed by atoms with Crippen LogP contribution in [0.15, 0.2) is 82.2 Å². The lowest BCUT2D eigenvalue weighted by atomic mass is 10.0. The highest BCUT2D eigenvalue weighted by atomic mass is 35.5. The molecule has 176 valence electrons. The zero-order valence-corrected chi connectivity index (χ0v) is 20.3. The number of alkyl halides is 2. The lowest BCUT2D eigenvalue weighted by Crippen LogP contribution is -2.28. The van der Waals surface area contributed by atoms with Crippen LogP contribution >= 0.6 is 23.2 Å². The molecule has 0 spiro atoms. The third-order valence-electron chi connectivity index (χ3n) is 5.53. The topological polar surface area (TPSA) is 51.9 Å². The molecule has 0 fully saturated rings. The van der Waals surface area contributed by atoms with Crippen molar-refractivity contribution in [1.29, 1.82) is 0 Å². The molecule has 0 radical (unpaired) electrons. The predicted molar refractivity (Wildman–Crippen MR) is 139 cm³/mol. The van der Waals surface area contributed by atoms with Crippen molar-refractivity contribution in [2.45, 2.75) is 6.61 Å². The second-order valence-corrected chi connectivity index (χ2v) is 8.42. The van der Waals surface area contributed by atoms with Crippen LogP contribution in [-0.4, -0.2) is 32.0 Å². The maximum atomic E-state index is 13.3. The fourth-order valence-corrected chi connectivity index (χ4v) is 4.21. The molecule has 0 aliphatic rings. The summed E-state index contributed by atoms with van der Waals surface area (Å²) in [7, 11) is 1.61. The van der Waals surface area contributed by atoms with Gasteiger partial charge in [-0.2, -0.15) is 0 Å². The Morgan fingerprint density at radius 3 is 2.41 bits per heavy atom. The number of anilines is 1. The number of nitrogens with zero attached hydrogens (tertiary/aromatic N) is 1. The molecule has 0 N–H and O–H groups in total. The number of halogens is 2.